The third-order valence-corrected chi connectivity index (χ3v) is 4.64. The molecular weight excluding hydrogens is 326 g/mol. The minimum absolute atomic E-state index is 0.0144. The number of aromatic nitrogens is 4. The Kier molecular flexibility index (Phi) is 3.78. The molecule has 0 bridgehead atoms. The van der Waals surface area contributed by atoms with Crippen molar-refractivity contribution in [2.45, 2.75) is 4.90 Å². The molecular formula is C13H10ClN5O2S. The zero-order valence-electron chi connectivity index (χ0n) is 11.1. The fourth-order valence-electron chi connectivity index (χ4n) is 1.79. The molecule has 1 aromatic carbocycles. The highest BCUT2D eigenvalue weighted by atomic mass is 35.5. The molecule has 0 saturated carbocycles. The van der Waals surface area contributed by atoms with Gasteiger partial charge >= 0.3 is 0 Å². The Hall–Kier alpha value is -2.45. The first-order chi connectivity index (χ1) is 10.6. The zero-order valence-corrected chi connectivity index (χ0v) is 12.7. The van der Waals surface area contributed by atoms with Crippen LogP contribution in [0.4, 0.5) is 5.82 Å². The van der Waals surface area contributed by atoms with Crippen LogP contribution < -0.4 is 4.72 Å². The lowest BCUT2D eigenvalue weighted by molar-refractivity contribution is 0.601. The summed E-state index contributed by atoms with van der Waals surface area (Å²) in [5, 5.41) is 0.138. The van der Waals surface area contributed by atoms with Crippen LogP contribution in [0.3, 0.4) is 0 Å². The first kappa shape index (κ1) is 14.5. The fourth-order valence-corrected chi connectivity index (χ4v) is 3.31. The number of hydrogen-bond donors (Lipinski definition) is 1. The quantitative estimate of drug-likeness (QED) is 0.788. The van der Waals surface area contributed by atoms with E-state index in [1.807, 2.05) is 0 Å². The van der Waals surface area contributed by atoms with Gasteiger partial charge in [0.15, 0.2) is 0 Å². The van der Waals surface area contributed by atoms with E-state index >= 15 is 0 Å². The van der Waals surface area contributed by atoms with Crippen LogP contribution >= 0.6 is 11.6 Å². The van der Waals surface area contributed by atoms with Crippen molar-refractivity contribution in [1.82, 2.24) is 19.5 Å². The van der Waals surface area contributed by atoms with Crippen molar-refractivity contribution in [2.75, 3.05) is 4.72 Å². The van der Waals surface area contributed by atoms with Crippen LogP contribution in [-0.4, -0.2) is 27.9 Å². The van der Waals surface area contributed by atoms with E-state index in [4.69, 9.17) is 11.6 Å². The maximum Gasteiger partial charge on any atom is 0.264 e. The lowest BCUT2D eigenvalue weighted by Crippen LogP contribution is -2.15. The van der Waals surface area contributed by atoms with Gasteiger partial charge in [0.1, 0.15) is 29.2 Å². The number of benzene rings is 1. The zero-order chi connectivity index (χ0) is 15.6. The number of sulfonamides is 1. The Bertz CT molecular complexity index is 896. The van der Waals surface area contributed by atoms with E-state index in [0.29, 0.717) is 5.82 Å². The van der Waals surface area contributed by atoms with Crippen LogP contribution in [0, 0.1) is 0 Å². The van der Waals surface area contributed by atoms with Gasteiger partial charge in [0.2, 0.25) is 0 Å². The summed E-state index contributed by atoms with van der Waals surface area (Å²) < 4.78 is 28.7. The smallest absolute Gasteiger partial charge is 0.264 e. The first-order valence-electron chi connectivity index (χ1n) is 6.14. The molecule has 3 rings (SSSR count). The van der Waals surface area contributed by atoms with Gasteiger partial charge in [-0.25, -0.2) is 23.4 Å². The monoisotopic (exact) mass is 335 g/mol. The lowest BCUT2D eigenvalue weighted by Gasteiger charge is -2.09. The second-order valence-corrected chi connectivity index (χ2v) is 6.33. The van der Waals surface area contributed by atoms with Gasteiger partial charge in [-0.2, -0.15) is 0 Å². The van der Waals surface area contributed by atoms with Crippen LogP contribution in [0.2, 0.25) is 5.02 Å². The summed E-state index contributed by atoms with van der Waals surface area (Å²) in [6.07, 6.45) is 6.10. The van der Waals surface area contributed by atoms with Gasteiger partial charge < -0.3 is 0 Å². The molecule has 112 valence electrons. The minimum Gasteiger partial charge on any atom is -0.290 e. The molecule has 0 aliphatic carbocycles. The van der Waals surface area contributed by atoms with Gasteiger partial charge in [0.25, 0.3) is 10.0 Å². The summed E-state index contributed by atoms with van der Waals surface area (Å²) in [6.45, 7) is 0. The van der Waals surface area contributed by atoms with Crippen molar-refractivity contribution in [1.29, 1.82) is 0 Å². The van der Waals surface area contributed by atoms with Gasteiger partial charge in [-0.05, 0) is 12.1 Å². The predicted octanol–water partition coefficient (Wildman–Crippen LogP) is 2.12. The molecule has 0 radical (unpaired) electrons. The number of rotatable bonds is 4. The molecule has 2 heterocycles. The molecule has 9 heteroatoms. The van der Waals surface area contributed by atoms with E-state index in [2.05, 4.69) is 19.7 Å². The standard InChI is InChI=1S/C13H10ClN5O2S/c14-10-3-1-2-4-11(10)22(20,21)18-12-7-13(17-8-16-12)19-6-5-15-9-19/h1-9H,(H,16,17,18). The van der Waals surface area contributed by atoms with Gasteiger partial charge in [-0.1, -0.05) is 23.7 Å². The molecule has 0 aliphatic rings. The first-order valence-corrected chi connectivity index (χ1v) is 8.00. The third kappa shape index (κ3) is 2.92. The molecule has 7 nitrogen and oxygen atoms in total. The third-order valence-electron chi connectivity index (χ3n) is 2.79. The van der Waals surface area contributed by atoms with Crippen molar-refractivity contribution in [2.24, 2.45) is 0 Å². The summed E-state index contributed by atoms with van der Waals surface area (Å²) in [4.78, 5) is 11.9. The summed E-state index contributed by atoms with van der Waals surface area (Å²) in [7, 11) is -3.83. The molecule has 0 aliphatic heterocycles. The number of halogens is 1. The maximum atomic E-state index is 12.3. The molecule has 0 unspecified atom stereocenters. The average molecular weight is 336 g/mol. The Balaban J connectivity index is 1.93. The van der Waals surface area contributed by atoms with Crippen LogP contribution in [0.5, 0.6) is 0 Å². The van der Waals surface area contributed by atoms with Gasteiger partial charge in [0.05, 0.1) is 5.02 Å². The Morgan fingerprint density at radius 2 is 2.00 bits per heavy atom. The maximum absolute atomic E-state index is 12.3. The predicted molar refractivity (Wildman–Crippen MR) is 81.4 cm³/mol. The molecule has 0 saturated heterocycles. The van der Waals surface area contributed by atoms with E-state index in [0.717, 1.165) is 0 Å². The normalized spacial score (nSPS) is 11.3. The van der Waals surface area contributed by atoms with Crippen molar-refractivity contribution in [3.05, 3.63) is 60.4 Å². The second kappa shape index (κ2) is 5.74. The van der Waals surface area contributed by atoms with Gasteiger partial charge in [-0.3, -0.25) is 9.29 Å². The lowest BCUT2D eigenvalue weighted by atomic mass is 10.4. The van der Waals surface area contributed by atoms with Crippen molar-refractivity contribution in [3.8, 4) is 5.82 Å². The summed E-state index contributed by atoms with van der Waals surface area (Å²) in [5.41, 5.74) is 0. The summed E-state index contributed by atoms with van der Waals surface area (Å²) in [6, 6.07) is 7.67. The van der Waals surface area contributed by atoms with Gasteiger partial charge in [-0.15, -0.1) is 0 Å². The van der Waals surface area contributed by atoms with E-state index in [9.17, 15) is 8.42 Å². The van der Waals surface area contributed by atoms with Crippen molar-refractivity contribution < 1.29 is 8.42 Å². The van der Waals surface area contributed by atoms with Crippen LogP contribution in [0.1, 0.15) is 0 Å². The molecule has 0 fully saturated rings. The molecule has 1 N–H and O–H groups in total. The van der Waals surface area contributed by atoms with Crippen LogP contribution in [-0.2, 0) is 10.0 Å². The highest BCUT2D eigenvalue weighted by molar-refractivity contribution is 7.92. The van der Waals surface area contributed by atoms with E-state index in [1.165, 1.54) is 24.5 Å². The number of nitrogens with zero attached hydrogens (tertiary/aromatic N) is 4. The summed E-state index contributed by atoms with van der Waals surface area (Å²) in [5.74, 6) is 0.628. The van der Waals surface area contributed by atoms with Gasteiger partial charge in [0, 0.05) is 18.5 Å². The number of anilines is 1. The second-order valence-electron chi connectivity index (χ2n) is 4.27. The highest BCUT2D eigenvalue weighted by Crippen LogP contribution is 2.22. The Morgan fingerprint density at radius 1 is 1.18 bits per heavy atom. The summed E-state index contributed by atoms with van der Waals surface area (Å²) >= 11 is 5.92. The number of imidazole rings is 1. The molecule has 22 heavy (non-hydrogen) atoms. The molecule has 2 aromatic heterocycles. The van der Waals surface area contributed by atoms with Crippen LogP contribution in [0.15, 0.2) is 60.3 Å². The Labute approximate surface area is 131 Å². The van der Waals surface area contributed by atoms with E-state index in [1.54, 1.807) is 35.4 Å². The van der Waals surface area contributed by atoms with Crippen LogP contribution in [0.25, 0.3) is 5.82 Å². The SMILES string of the molecule is O=S(=O)(Nc1cc(-n2ccnc2)ncn1)c1ccccc1Cl. The highest BCUT2D eigenvalue weighted by Gasteiger charge is 2.18. The molecule has 3 aromatic rings. The topological polar surface area (TPSA) is 89.8 Å². The average Bonchev–Trinajstić information content (AvgIpc) is 3.01. The largest absolute Gasteiger partial charge is 0.290 e. The fraction of sp³-hybridized carbons (Fsp3) is 0. The number of nitrogens with one attached hydrogen (secondary N) is 1. The molecule has 0 amide bonds. The van der Waals surface area contributed by atoms with Crippen molar-refractivity contribution >= 4 is 27.4 Å². The molecule has 0 spiro atoms. The Morgan fingerprint density at radius 3 is 2.73 bits per heavy atom. The van der Waals surface area contributed by atoms with E-state index < -0.39 is 10.0 Å². The van der Waals surface area contributed by atoms with Crippen molar-refractivity contribution in [3.63, 3.8) is 0 Å². The number of hydrogen-bond acceptors (Lipinski definition) is 5. The minimum atomic E-state index is -3.83. The van der Waals surface area contributed by atoms with E-state index in [-0.39, 0.29) is 15.7 Å². The molecule has 0 atom stereocenters.